The topological polar surface area (TPSA) is 68.0 Å². The van der Waals surface area contributed by atoms with E-state index in [1.165, 1.54) is 0 Å². The van der Waals surface area contributed by atoms with Gasteiger partial charge in [-0.25, -0.2) is 4.68 Å². The Morgan fingerprint density at radius 2 is 2.32 bits per heavy atom. The first kappa shape index (κ1) is 12.2. The largest absolute Gasteiger partial charge is 0.481 e. The zero-order valence-corrected chi connectivity index (χ0v) is 10.8. The predicted octanol–water partition coefficient (Wildman–Crippen LogP) is 2.11. The minimum Gasteiger partial charge on any atom is -0.481 e. The second-order valence-corrected chi connectivity index (χ2v) is 5.09. The molecule has 0 saturated heterocycles. The van der Waals surface area contributed by atoms with Gasteiger partial charge in [-0.05, 0) is 31.0 Å². The number of hydrogen-bond donors (Lipinski definition) is 1. The van der Waals surface area contributed by atoms with Gasteiger partial charge >= 0.3 is 5.97 Å². The fourth-order valence-corrected chi connectivity index (χ4v) is 2.60. The van der Waals surface area contributed by atoms with E-state index in [1.807, 2.05) is 18.2 Å². The van der Waals surface area contributed by atoms with E-state index in [-0.39, 0.29) is 5.92 Å². The maximum absolute atomic E-state index is 11.0. The van der Waals surface area contributed by atoms with Crippen LogP contribution < -0.4 is 0 Å². The van der Waals surface area contributed by atoms with Crippen LogP contribution in [0.15, 0.2) is 24.3 Å². The molecule has 98 valence electrons. The van der Waals surface area contributed by atoms with E-state index in [0.29, 0.717) is 24.3 Å². The molecule has 0 radical (unpaired) electrons. The number of benzene rings is 1. The van der Waals surface area contributed by atoms with E-state index < -0.39 is 5.97 Å². The summed E-state index contributed by atoms with van der Waals surface area (Å²) < 4.78 is 1.75. The van der Waals surface area contributed by atoms with E-state index in [9.17, 15) is 4.79 Å². The van der Waals surface area contributed by atoms with Crippen molar-refractivity contribution >= 4 is 17.6 Å². The van der Waals surface area contributed by atoms with Crippen LogP contribution in [0.3, 0.4) is 0 Å². The lowest BCUT2D eigenvalue weighted by molar-refractivity contribution is -0.142. The third-order valence-electron chi connectivity index (χ3n) is 3.42. The van der Waals surface area contributed by atoms with Crippen molar-refractivity contribution in [2.45, 2.75) is 19.3 Å². The summed E-state index contributed by atoms with van der Waals surface area (Å²) in [7, 11) is 0. The normalized spacial score (nSPS) is 18.1. The van der Waals surface area contributed by atoms with Crippen molar-refractivity contribution in [1.29, 1.82) is 0 Å². The summed E-state index contributed by atoms with van der Waals surface area (Å²) >= 11 is 5.97. The molecule has 0 bridgehead atoms. The van der Waals surface area contributed by atoms with E-state index in [4.69, 9.17) is 16.7 Å². The number of aliphatic carboxylic acids is 1. The molecule has 1 aromatic heterocycles. The number of carboxylic acids is 1. The lowest BCUT2D eigenvalue weighted by Gasteiger charge is -2.18. The summed E-state index contributed by atoms with van der Waals surface area (Å²) in [6.07, 6.45) is 1.74. The van der Waals surface area contributed by atoms with Gasteiger partial charge in [0, 0.05) is 11.4 Å². The Bertz CT molecular complexity index is 639. The van der Waals surface area contributed by atoms with Gasteiger partial charge in [0.25, 0.3) is 0 Å². The molecule has 5 nitrogen and oxygen atoms in total. The molecule has 1 atom stereocenters. The zero-order valence-electron chi connectivity index (χ0n) is 10.1. The number of carboxylic acid groups (broad SMARTS) is 1. The van der Waals surface area contributed by atoms with E-state index in [0.717, 1.165) is 17.1 Å². The lowest BCUT2D eigenvalue weighted by atomic mass is 9.90. The summed E-state index contributed by atoms with van der Waals surface area (Å²) in [6.45, 7) is 0. The standard InChI is InChI=1S/C13H12ClN3O2/c14-9-2-1-3-10(7-9)17-12-5-4-8(13(18)19)6-11(12)15-16-17/h1-3,7-8H,4-6H2,(H,18,19). The van der Waals surface area contributed by atoms with E-state index in [2.05, 4.69) is 10.3 Å². The van der Waals surface area contributed by atoms with Crippen molar-refractivity contribution in [3.63, 3.8) is 0 Å². The molecule has 19 heavy (non-hydrogen) atoms. The molecule has 1 aromatic carbocycles. The fourth-order valence-electron chi connectivity index (χ4n) is 2.41. The Kier molecular flexibility index (Phi) is 2.98. The molecule has 6 heteroatoms. The Balaban J connectivity index is 1.97. The monoisotopic (exact) mass is 277 g/mol. The highest BCUT2D eigenvalue weighted by Crippen LogP contribution is 2.26. The Morgan fingerprint density at radius 3 is 3.05 bits per heavy atom. The molecule has 0 aliphatic heterocycles. The highest BCUT2D eigenvalue weighted by Gasteiger charge is 2.28. The molecule has 1 aliphatic carbocycles. The number of aromatic nitrogens is 3. The van der Waals surface area contributed by atoms with Gasteiger partial charge in [-0.15, -0.1) is 5.10 Å². The molecule has 0 saturated carbocycles. The minimum atomic E-state index is -0.761. The molecule has 0 fully saturated rings. The summed E-state index contributed by atoms with van der Waals surface area (Å²) in [5.41, 5.74) is 2.62. The van der Waals surface area contributed by atoms with Crippen LogP contribution in [0.25, 0.3) is 5.69 Å². The summed E-state index contributed by atoms with van der Waals surface area (Å²) in [5.74, 6) is -1.11. The van der Waals surface area contributed by atoms with E-state index in [1.54, 1.807) is 10.7 Å². The van der Waals surface area contributed by atoms with Gasteiger partial charge < -0.3 is 5.11 Å². The van der Waals surface area contributed by atoms with Gasteiger partial charge in [-0.2, -0.15) is 0 Å². The molecule has 1 N–H and O–H groups in total. The average Bonchev–Trinajstić information content (AvgIpc) is 2.81. The van der Waals surface area contributed by atoms with Crippen molar-refractivity contribution in [2.24, 2.45) is 5.92 Å². The summed E-state index contributed by atoms with van der Waals surface area (Å²) in [6, 6.07) is 7.38. The first-order valence-electron chi connectivity index (χ1n) is 6.07. The number of hydrogen-bond acceptors (Lipinski definition) is 3. The van der Waals surface area contributed by atoms with Gasteiger partial charge in [0.1, 0.15) is 0 Å². The number of carbonyl (C=O) groups is 1. The molecule has 1 unspecified atom stereocenters. The maximum atomic E-state index is 11.0. The third kappa shape index (κ3) is 2.21. The highest BCUT2D eigenvalue weighted by molar-refractivity contribution is 6.30. The van der Waals surface area contributed by atoms with Crippen LogP contribution >= 0.6 is 11.6 Å². The van der Waals surface area contributed by atoms with Crippen molar-refractivity contribution in [3.05, 3.63) is 40.7 Å². The molecular formula is C13H12ClN3O2. The Hall–Kier alpha value is -1.88. The number of nitrogens with zero attached hydrogens (tertiary/aromatic N) is 3. The van der Waals surface area contributed by atoms with Gasteiger partial charge in [0.05, 0.1) is 23.0 Å². The summed E-state index contributed by atoms with van der Waals surface area (Å²) in [5, 5.41) is 17.9. The van der Waals surface area contributed by atoms with Crippen LogP contribution in [0, 0.1) is 5.92 Å². The van der Waals surface area contributed by atoms with Gasteiger partial charge in [0.2, 0.25) is 0 Å². The molecule has 1 aliphatic rings. The van der Waals surface area contributed by atoms with Gasteiger partial charge in [-0.1, -0.05) is 22.9 Å². The average molecular weight is 278 g/mol. The van der Waals surface area contributed by atoms with Crippen molar-refractivity contribution < 1.29 is 9.90 Å². The second kappa shape index (κ2) is 4.66. The summed E-state index contributed by atoms with van der Waals surface area (Å²) in [4.78, 5) is 11.0. The Morgan fingerprint density at radius 1 is 1.47 bits per heavy atom. The van der Waals surface area contributed by atoms with Gasteiger partial charge in [0.15, 0.2) is 0 Å². The number of rotatable bonds is 2. The predicted molar refractivity (Wildman–Crippen MR) is 69.5 cm³/mol. The number of halogens is 1. The molecule has 2 aromatic rings. The van der Waals surface area contributed by atoms with Crippen LogP contribution in [0.4, 0.5) is 0 Å². The van der Waals surface area contributed by atoms with Crippen LogP contribution in [-0.4, -0.2) is 26.1 Å². The molecule has 1 heterocycles. The van der Waals surface area contributed by atoms with E-state index >= 15 is 0 Å². The third-order valence-corrected chi connectivity index (χ3v) is 3.65. The lowest BCUT2D eigenvalue weighted by Crippen LogP contribution is -2.23. The van der Waals surface area contributed by atoms with Crippen LogP contribution in [-0.2, 0) is 17.6 Å². The van der Waals surface area contributed by atoms with Crippen molar-refractivity contribution in [2.75, 3.05) is 0 Å². The highest BCUT2D eigenvalue weighted by atomic mass is 35.5. The molecule has 0 spiro atoms. The van der Waals surface area contributed by atoms with Crippen molar-refractivity contribution in [3.8, 4) is 5.69 Å². The maximum Gasteiger partial charge on any atom is 0.306 e. The first-order chi connectivity index (χ1) is 9.15. The van der Waals surface area contributed by atoms with Crippen molar-refractivity contribution in [1.82, 2.24) is 15.0 Å². The molecule has 0 amide bonds. The SMILES string of the molecule is O=C(O)C1CCc2c(nnn2-c2cccc(Cl)c2)C1. The first-order valence-corrected chi connectivity index (χ1v) is 6.45. The Labute approximate surface area is 114 Å². The molecular weight excluding hydrogens is 266 g/mol. The fraction of sp³-hybridized carbons (Fsp3) is 0.308. The quantitative estimate of drug-likeness (QED) is 0.913. The van der Waals surface area contributed by atoms with Crippen LogP contribution in [0.5, 0.6) is 0 Å². The van der Waals surface area contributed by atoms with Crippen LogP contribution in [0.1, 0.15) is 17.8 Å². The van der Waals surface area contributed by atoms with Gasteiger partial charge in [-0.3, -0.25) is 4.79 Å². The minimum absolute atomic E-state index is 0.350. The number of fused-ring (bicyclic) bond motifs is 1. The second-order valence-electron chi connectivity index (χ2n) is 4.65. The zero-order chi connectivity index (χ0) is 13.4. The molecule has 3 rings (SSSR count). The van der Waals surface area contributed by atoms with Crippen LogP contribution in [0.2, 0.25) is 5.02 Å². The smallest absolute Gasteiger partial charge is 0.306 e.